The average Bonchev–Trinajstić information content (AvgIpc) is 2.79. The lowest BCUT2D eigenvalue weighted by Crippen LogP contribution is -2.53. The van der Waals surface area contributed by atoms with Gasteiger partial charge in [0.1, 0.15) is 5.82 Å². The van der Waals surface area contributed by atoms with E-state index in [0.29, 0.717) is 6.54 Å². The van der Waals surface area contributed by atoms with Gasteiger partial charge < -0.3 is 15.1 Å². The van der Waals surface area contributed by atoms with Crippen LogP contribution in [0, 0.1) is 10.1 Å². The topological polar surface area (TPSA) is 86.9 Å². The zero-order valence-electron chi connectivity index (χ0n) is 17.2. The molecule has 3 rings (SSSR count). The highest BCUT2D eigenvalue weighted by atomic mass is 32.2. The number of nitrogens with one attached hydrogen (secondary N) is 1. The van der Waals surface area contributed by atoms with Gasteiger partial charge >= 0.3 is 0 Å². The summed E-state index contributed by atoms with van der Waals surface area (Å²) in [6.45, 7) is 4.88. The fourth-order valence-electron chi connectivity index (χ4n) is 3.26. The Morgan fingerprint density at radius 1 is 1.20 bits per heavy atom. The van der Waals surface area contributed by atoms with E-state index in [1.807, 2.05) is 36.2 Å². The van der Waals surface area contributed by atoms with Gasteiger partial charge in [0.25, 0.3) is 5.69 Å². The molecule has 1 fully saturated rings. The quantitative estimate of drug-likeness (QED) is 0.227. The van der Waals surface area contributed by atoms with Crippen molar-refractivity contribution in [2.75, 3.05) is 49.6 Å². The van der Waals surface area contributed by atoms with Crippen molar-refractivity contribution in [3.05, 3.63) is 64.3 Å². The molecule has 1 N–H and O–H groups in total. The van der Waals surface area contributed by atoms with Crippen LogP contribution < -0.4 is 10.2 Å². The van der Waals surface area contributed by atoms with Crippen molar-refractivity contribution in [1.82, 2.24) is 15.2 Å². The third-order valence-corrected chi connectivity index (χ3v) is 5.62. The second kappa shape index (κ2) is 11.4. The molecule has 2 heterocycles. The van der Waals surface area contributed by atoms with Crippen molar-refractivity contribution < 1.29 is 4.92 Å². The molecule has 2 aromatic rings. The van der Waals surface area contributed by atoms with Crippen LogP contribution in [0.25, 0.3) is 0 Å². The molecule has 8 nitrogen and oxygen atoms in total. The standard InChI is InChI=1S/C21H28N6O2S/c1-30-16-4-11-23-21(24-17-18-6-8-19(9-7-18)27(28)29)26-14-12-25(13-15-26)20-5-2-3-10-22-20/h2-3,5-10H,4,11-17H2,1H3,(H,23,24). The van der Waals surface area contributed by atoms with Crippen LogP contribution in [-0.4, -0.2) is 65.5 Å². The summed E-state index contributed by atoms with van der Waals surface area (Å²) in [5.74, 6) is 3.01. The molecule has 0 atom stereocenters. The van der Waals surface area contributed by atoms with Gasteiger partial charge in [0.2, 0.25) is 0 Å². The van der Waals surface area contributed by atoms with Gasteiger partial charge in [-0.1, -0.05) is 18.2 Å². The Morgan fingerprint density at radius 3 is 2.60 bits per heavy atom. The maximum Gasteiger partial charge on any atom is 0.269 e. The van der Waals surface area contributed by atoms with Crippen LogP contribution in [0.2, 0.25) is 0 Å². The third-order valence-electron chi connectivity index (χ3n) is 4.92. The van der Waals surface area contributed by atoms with Crippen molar-refractivity contribution in [2.24, 2.45) is 4.99 Å². The van der Waals surface area contributed by atoms with E-state index in [4.69, 9.17) is 4.99 Å². The second-order valence-electron chi connectivity index (χ2n) is 7.00. The van der Waals surface area contributed by atoms with Gasteiger partial charge in [0, 0.05) is 51.1 Å². The number of nitro benzene ring substituents is 1. The first-order chi connectivity index (χ1) is 14.7. The van der Waals surface area contributed by atoms with E-state index >= 15 is 0 Å². The summed E-state index contributed by atoms with van der Waals surface area (Å²) >= 11 is 1.84. The van der Waals surface area contributed by atoms with Gasteiger partial charge in [-0.25, -0.2) is 9.98 Å². The van der Waals surface area contributed by atoms with Crippen molar-refractivity contribution in [3.8, 4) is 0 Å². The molecular weight excluding hydrogens is 400 g/mol. The fraction of sp³-hybridized carbons (Fsp3) is 0.429. The number of thioether (sulfide) groups is 1. The summed E-state index contributed by atoms with van der Waals surface area (Å²) in [6.07, 6.45) is 5.01. The number of piperazine rings is 1. The van der Waals surface area contributed by atoms with Crippen molar-refractivity contribution in [1.29, 1.82) is 0 Å². The number of benzene rings is 1. The van der Waals surface area contributed by atoms with Crippen LogP contribution in [0.3, 0.4) is 0 Å². The SMILES string of the molecule is CSCCCNC(=NCc1ccc([N+](=O)[O-])cc1)N1CCN(c2ccccn2)CC1. The predicted octanol–water partition coefficient (Wildman–Crippen LogP) is 3.01. The monoisotopic (exact) mass is 428 g/mol. The number of hydrogen-bond donors (Lipinski definition) is 1. The van der Waals surface area contributed by atoms with Crippen LogP contribution in [0.4, 0.5) is 11.5 Å². The number of nitrogens with zero attached hydrogens (tertiary/aromatic N) is 5. The van der Waals surface area contributed by atoms with Crippen LogP contribution in [-0.2, 0) is 6.54 Å². The average molecular weight is 429 g/mol. The van der Waals surface area contributed by atoms with Gasteiger partial charge in [-0.2, -0.15) is 11.8 Å². The molecule has 1 aliphatic heterocycles. The summed E-state index contributed by atoms with van der Waals surface area (Å²) in [5.41, 5.74) is 1.06. The predicted molar refractivity (Wildman–Crippen MR) is 123 cm³/mol. The Kier molecular flexibility index (Phi) is 8.31. The smallest absolute Gasteiger partial charge is 0.269 e. The molecule has 0 radical (unpaired) electrons. The third kappa shape index (κ3) is 6.35. The van der Waals surface area contributed by atoms with Crippen molar-refractivity contribution >= 4 is 29.2 Å². The molecule has 0 saturated carbocycles. The number of aliphatic imine (C=N–C) groups is 1. The van der Waals surface area contributed by atoms with Crippen molar-refractivity contribution in [3.63, 3.8) is 0 Å². The Hall–Kier alpha value is -2.81. The Labute approximate surface area is 181 Å². The van der Waals surface area contributed by atoms with Gasteiger partial charge in [-0.3, -0.25) is 10.1 Å². The van der Waals surface area contributed by atoms with Gasteiger partial charge in [-0.15, -0.1) is 0 Å². The van der Waals surface area contributed by atoms with E-state index in [0.717, 1.165) is 62.2 Å². The summed E-state index contributed by atoms with van der Waals surface area (Å²) in [6, 6.07) is 12.6. The number of non-ortho nitro benzene ring substituents is 1. The summed E-state index contributed by atoms with van der Waals surface area (Å²) in [5, 5.41) is 14.3. The first-order valence-electron chi connectivity index (χ1n) is 10.1. The maximum absolute atomic E-state index is 10.8. The largest absolute Gasteiger partial charge is 0.356 e. The van der Waals surface area contributed by atoms with Crippen LogP contribution in [0.1, 0.15) is 12.0 Å². The molecule has 1 aliphatic rings. The number of guanidine groups is 1. The highest BCUT2D eigenvalue weighted by molar-refractivity contribution is 7.98. The number of nitro groups is 1. The summed E-state index contributed by atoms with van der Waals surface area (Å²) in [7, 11) is 0. The molecule has 0 spiro atoms. The van der Waals surface area contributed by atoms with Crippen LogP contribution in [0.5, 0.6) is 0 Å². The molecule has 9 heteroatoms. The normalized spacial score (nSPS) is 14.6. The zero-order chi connectivity index (χ0) is 21.2. The number of rotatable bonds is 8. The van der Waals surface area contributed by atoms with E-state index in [1.54, 1.807) is 12.1 Å². The van der Waals surface area contributed by atoms with E-state index < -0.39 is 0 Å². The number of anilines is 1. The van der Waals surface area contributed by atoms with E-state index in [1.165, 1.54) is 12.1 Å². The molecule has 0 unspecified atom stereocenters. The lowest BCUT2D eigenvalue weighted by atomic mass is 10.2. The minimum atomic E-state index is -0.382. The lowest BCUT2D eigenvalue weighted by Gasteiger charge is -2.37. The molecular formula is C21H28N6O2S. The molecule has 160 valence electrons. The number of aromatic nitrogens is 1. The molecule has 0 bridgehead atoms. The first-order valence-corrected chi connectivity index (χ1v) is 11.5. The molecule has 0 amide bonds. The first kappa shape index (κ1) is 21.9. The van der Waals surface area contributed by atoms with E-state index in [-0.39, 0.29) is 10.6 Å². The Morgan fingerprint density at radius 2 is 1.97 bits per heavy atom. The molecule has 0 aliphatic carbocycles. The van der Waals surface area contributed by atoms with Crippen LogP contribution in [0.15, 0.2) is 53.7 Å². The zero-order valence-corrected chi connectivity index (χ0v) is 18.1. The molecule has 1 saturated heterocycles. The summed E-state index contributed by atoms with van der Waals surface area (Å²) < 4.78 is 0. The van der Waals surface area contributed by atoms with Crippen LogP contribution >= 0.6 is 11.8 Å². The highest BCUT2D eigenvalue weighted by Crippen LogP contribution is 2.14. The second-order valence-corrected chi connectivity index (χ2v) is 7.98. The van der Waals surface area contributed by atoms with Crippen molar-refractivity contribution in [2.45, 2.75) is 13.0 Å². The molecule has 30 heavy (non-hydrogen) atoms. The van der Waals surface area contributed by atoms with E-state index in [9.17, 15) is 10.1 Å². The minimum Gasteiger partial charge on any atom is -0.356 e. The number of pyridine rings is 1. The van der Waals surface area contributed by atoms with E-state index in [2.05, 4.69) is 26.4 Å². The molecule has 1 aromatic carbocycles. The minimum absolute atomic E-state index is 0.101. The maximum atomic E-state index is 10.8. The fourth-order valence-corrected chi connectivity index (χ4v) is 3.69. The lowest BCUT2D eigenvalue weighted by molar-refractivity contribution is -0.384. The summed E-state index contributed by atoms with van der Waals surface area (Å²) in [4.78, 5) is 24.3. The Bertz CT molecular complexity index is 823. The van der Waals surface area contributed by atoms with Gasteiger partial charge in [0.15, 0.2) is 5.96 Å². The number of hydrogen-bond acceptors (Lipinski definition) is 6. The van der Waals surface area contributed by atoms with Gasteiger partial charge in [0.05, 0.1) is 11.5 Å². The molecule has 1 aromatic heterocycles. The Balaban J connectivity index is 1.62. The van der Waals surface area contributed by atoms with Gasteiger partial charge in [-0.05, 0) is 36.1 Å². The highest BCUT2D eigenvalue weighted by Gasteiger charge is 2.20.